The van der Waals surface area contributed by atoms with E-state index in [-0.39, 0.29) is 0 Å². The van der Waals surface area contributed by atoms with Gasteiger partial charge in [-0.3, -0.25) is 0 Å². The van der Waals surface area contributed by atoms with Crippen LogP contribution in [0.4, 0.5) is 0 Å². The van der Waals surface area contributed by atoms with Crippen LogP contribution in [-0.4, -0.2) is 44.3 Å². The molecule has 1 aliphatic rings. The molecule has 0 aliphatic heterocycles. The van der Waals surface area contributed by atoms with E-state index in [0.717, 1.165) is 19.1 Å². The molecular weight excluding hydrogens is 248 g/mol. The average Bonchev–Trinajstić information content (AvgIpc) is 2.48. The minimum atomic E-state index is 0.514. The van der Waals surface area contributed by atoms with E-state index in [1.54, 1.807) is 0 Å². The molecule has 2 N–H and O–H groups in total. The summed E-state index contributed by atoms with van der Waals surface area (Å²) in [5, 5.41) is 0. The van der Waals surface area contributed by atoms with Crippen molar-refractivity contribution in [3.05, 3.63) is 0 Å². The van der Waals surface area contributed by atoms with Gasteiger partial charge in [0.05, 0.1) is 6.10 Å². The maximum Gasteiger partial charge on any atom is 0.0575 e. The van der Waals surface area contributed by atoms with Crippen molar-refractivity contribution in [1.29, 1.82) is 0 Å². The summed E-state index contributed by atoms with van der Waals surface area (Å²) in [6, 6.07) is 0. The molecule has 0 saturated heterocycles. The molecule has 3 nitrogen and oxygen atoms in total. The first kappa shape index (κ1) is 17.9. The van der Waals surface area contributed by atoms with Gasteiger partial charge < -0.3 is 15.4 Å². The van der Waals surface area contributed by atoms with Crippen LogP contribution in [0.3, 0.4) is 0 Å². The van der Waals surface area contributed by atoms with Crippen LogP contribution < -0.4 is 5.73 Å². The molecule has 3 heteroatoms. The van der Waals surface area contributed by atoms with E-state index in [2.05, 4.69) is 18.9 Å². The van der Waals surface area contributed by atoms with Gasteiger partial charge in [-0.05, 0) is 77.5 Å². The van der Waals surface area contributed by atoms with Crippen molar-refractivity contribution in [3.63, 3.8) is 0 Å². The zero-order valence-corrected chi connectivity index (χ0v) is 13.8. The van der Waals surface area contributed by atoms with Crippen LogP contribution in [0.5, 0.6) is 0 Å². The number of hydrogen-bond donors (Lipinski definition) is 1. The highest BCUT2D eigenvalue weighted by atomic mass is 16.5. The molecule has 1 rings (SSSR count). The Morgan fingerprint density at radius 2 is 1.65 bits per heavy atom. The van der Waals surface area contributed by atoms with Gasteiger partial charge in [-0.1, -0.05) is 19.8 Å². The normalized spacial score (nSPS) is 23.4. The summed E-state index contributed by atoms with van der Waals surface area (Å²) < 4.78 is 6.00. The van der Waals surface area contributed by atoms with E-state index in [0.29, 0.717) is 6.10 Å². The first-order valence-electron chi connectivity index (χ1n) is 8.76. The Morgan fingerprint density at radius 3 is 2.25 bits per heavy atom. The molecule has 0 heterocycles. The molecule has 0 aromatic carbocycles. The molecule has 1 fully saturated rings. The number of rotatable bonds is 11. The Morgan fingerprint density at radius 1 is 1.00 bits per heavy atom. The Bertz CT molecular complexity index is 215. The van der Waals surface area contributed by atoms with Crippen molar-refractivity contribution in [2.75, 3.05) is 33.3 Å². The Hall–Kier alpha value is -0.120. The lowest BCUT2D eigenvalue weighted by Gasteiger charge is -2.27. The third-order valence-electron chi connectivity index (χ3n) is 4.56. The second-order valence-electron chi connectivity index (χ2n) is 6.47. The molecule has 0 unspecified atom stereocenters. The second kappa shape index (κ2) is 11.5. The van der Waals surface area contributed by atoms with Crippen molar-refractivity contribution in [1.82, 2.24) is 4.90 Å². The molecular formula is C17H36N2O. The van der Waals surface area contributed by atoms with Gasteiger partial charge in [0, 0.05) is 6.61 Å². The average molecular weight is 284 g/mol. The van der Waals surface area contributed by atoms with E-state index in [1.807, 2.05) is 0 Å². The third-order valence-corrected chi connectivity index (χ3v) is 4.56. The number of unbranched alkanes of at least 4 members (excludes halogenated alkanes) is 3. The van der Waals surface area contributed by atoms with E-state index >= 15 is 0 Å². The van der Waals surface area contributed by atoms with Gasteiger partial charge in [-0.15, -0.1) is 0 Å². The van der Waals surface area contributed by atoms with Gasteiger partial charge in [0.1, 0.15) is 0 Å². The number of hydrogen-bond acceptors (Lipinski definition) is 3. The summed E-state index contributed by atoms with van der Waals surface area (Å²) >= 11 is 0. The number of nitrogens with zero attached hydrogens (tertiary/aromatic N) is 1. The van der Waals surface area contributed by atoms with Gasteiger partial charge in [-0.2, -0.15) is 0 Å². The highest BCUT2D eigenvalue weighted by Gasteiger charge is 2.20. The molecule has 0 amide bonds. The largest absolute Gasteiger partial charge is 0.378 e. The zero-order chi connectivity index (χ0) is 14.6. The quantitative estimate of drug-likeness (QED) is 0.591. The maximum atomic E-state index is 6.00. The minimum absolute atomic E-state index is 0.514. The van der Waals surface area contributed by atoms with Crippen LogP contribution in [0.2, 0.25) is 0 Å². The topological polar surface area (TPSA) is 38.5 Å². The summed E-state index contributed by atoms with van der Waals surface area (Å²) in [4.78, 5) is 2.46. The zero-order valence-electron chi connectivity index (χ0n) is 13.8. The summed E-state index contributed by atoms with van der Waals surface area (Å²) in [6.07, 6.45) is 12.0. The van der Waals surface area contributed by atoms with E-state index < -0.39 is 0 Å². The highest BCUT2D eigenvalue weighted by Crippen LogP contribution is 2.25. The van der Waals surface area contributed by atoms with Crippen molar-refractivity contribution < 1.29 is 4.74 Å². The molecule has 0 spiro atoms. The van der Waals surface area contributed by atoms with Crippen LogP contribution in [0.1, 0.15) is 64.7 Å². The smallest absolute Gasteiger partial charge is 0.0575 e. The lowest BCUT2D eigenvalue weighted by molar-refractivity contribution is 0.0165. The van der Waals surface area contributed by atoms with Crippen molar-refractivity contribution in [2.45, 2.75) is 70.8 Å². The third kappa shape index (κ3) is 8.23. The Balaban J connectivity index is 1.89. The van der Waals surface area contributed by atoms with E-state index in [9.17, 15) is 0 Å². The van der Waals surface area contributed by atoms with Crippen LogP contribution in [-0.2, 0) is 4.74 Å². The van der Waals surface area contributed by atoms with Crippen LogP contribution in [0.15, 0.2) is 0 Å². The van der Waals surface area contributed by atoms with Crippen molar-refractivity contribution in [2.24, 2.45) is 11.7 Å². The van der Waals surface area contributed by atoms with Gasteiger partial charge in [0.25, 0.3) is 0 Å². The number of nitrogens with two attached hydrogens (primary N) is 1. The first-order valence-corrected chi connectivity index (χ1v) is 8.76. The molecule has 0 aromatic rings. The van der Waals surface area contributed by atoms with Gasteiger partial charge in [-0.25, -0.2) is 0 Å². The van der Waals surface area contributed by atoms with Crippen molar-refractivity contribution >= 4 is 0 Å². The van der Waals surface area contributed by atoms with Crippen LogP contribution in [0, 0.1) is 5.92 Å². The molecule has 0 radical (unpaired) electrons. The molecule has 1 aliphatic carbocycles. The predicted octanol–water partition coefficient (Wildman–Crippen LogP) is 3.42. The maximum absolute atomic E-state index is 6.00. The van der Waals surface area contributed by atoms with Gasteiger partial charge in [0.15, 0.2) is 0 Å². The second-order valence-corrected chi connectivity index (χ2v) is 6.47. The minimum Gasteiger partial charge on any atom is -0.378 e. The fourth-order valence-corrected chi connectivity index (χ4v) is 3.01. The summed E-state index contributed by atoms with van der Waals surface area (Å²) in [5.74, 6) is 0.756. The highest BCUT2D eigenvalue weighted by molar-refractivity contribution is 4.73. The van der Waals surface area contributed by atoms with Gasteiger partial charge >= 0.3 is 0 Å². The standard InChI is InChI=1S/C17H36N2O/c1-3-4-5-12-19(2)13-6-7-14-20-17-10-8-16(15-18)9-11-17/h16-17H,3-15,18H2,1-2H3. The lowest BCUT2D eigenvalue weighted by Crippen LogP contribution is -2.26. The molecule has 1 saturated carbocycles. The molecule has 20 heavy (non-hydrogen) atoms. The summed E-state index contributed by atoms with van der Waals surface area (Å²) in [6.45, 7) is 6.53. The lowest BCUT2D eigenvalue weighted by atomic mass is 9.87. The van der Waals surface area contributed by atoms with E-state index in [1.165, 1.54) is 70.9 Å². The summed E-state index contributed by atoms with van der Waals surface area (Å²) in [7, 11) is 2.24. The molecule has 0 aromatic heterocycles. The molecule has 0 bridgehead atoms. The van der Waals surface area contributed by atoms with E-state index in [4.69, 9.17) is 10.5 Å². The monoisotopic (exact) mass is 284 g/mol. The Labute approximate surface area is 126 Å². The summed E-state index contributed by atoms with van der Waals surface area (Å²) in [5.41, 5.74) is 5.71. The van der Waals surface area contributed by atoms with Gasteiger partial charge in [0.2, 0.25) is 0 Å². The first-order chi connectivity index (χ1) is 9.76. The predicted molar refractivity (Wildman–Crippen MR) is 87.0 cm³/mol. The van der Waals surface area contributed by atoms with Crippen molar-refractivity contribution in [3.8, 4) is 0 Å². The molecule has 0 atom stereocenters. The fourth-order valence-electron chi connectivity index (χ4n) is 3.01. The fraction of sp³-hybridized carbons (Fsp3) is 1.00. The number of ether oxygens (including phenoxy) is 1. The SMILES string of the molecule is CCCCCN(C)CCCCOC1CCC(CN)CC1. The Kier molecular flexibility index (Phi) is 10.3. The molecule has 120 valence electrons. The van der Waals surface area contributed by atoms with Crippen LogP contribution >= 0.6 is 0 Å². The van der Waals surface area contributed by atoms with Crippen LogP contribution in [0.25, 0.3) is 0 Å².